The van der Waals surface area contributed by atoms with Crippen LogP contribution >= 0.6 is 11.3 Å². The summed E-state index contributed by atoms with van der Waals surface area (Å²) in [6.07, 6.45) is 2.46. The summed E-state index contributed by atoms with van der Waals surface area (Å²) in [5.74, 6) is 1.52. The van der Waals surface area contributed by atoms with E-state index in [1.54, 1.807) is 18.4 Å². The normalized spacial score (nSPS) is 14.9. The fourth-order valence-corrected chi connectivity index (χ4v) is 3.13. The van der Waals surface area contributed by atoms with Crippen LogP contribution in [0, 0.1) is 0 Å². The van der Waals surface area contributed by atoms with Gasteiger partial charge in [0.05, 0.1) is 13.7 Å². The number of nitrogens with two attached hydrogens (primary N) is 1. The molecule has 4 nitrogen and oxygen atoms in total. The number of hydrogen-bond donors (Lipinski definition) is 1. The number of nitrogens with zero attached hydrogens (tertiary/aromatic N) is 2. The van der Waals surface area contributed by atoms with Crippen LogP contribution in [0.15, 0.2) is 40.7 Å². The summed E-state index contributed by atoms with van der Waals surface area (Å²) >= 11 is 1.72. The standard InChI is InChI=1S/C17H21N3OS/c1-20(14-5-6-14)17(18)19-10-16-9-13(11-22-16)12-3-7-15(21-2)8-4-12/h3-4,7-9,11,14H,5-6,10H2,1-2H3,(H2,18,19). The second kappa shape index (κ2) is 6.40. The SMILES string of the molecule is COc1ccc(-c2csc(CN=C(N)N(C)C3CC3)c2)cc1. The quantitative estimate of drug-likeness (QED) is 0.680. The van der Waals surface area contributed by atoms with Gasteiger partial charge in [-0.25, -0.2) is 4.99 Å². The molecule has 0 atom stereocenters. The van der Waals surface area contributed by atoms with Gasteiger partial charge in [-0.15, -0.1) is 11.3 Å². The van der Waals surface area contributed by atoms with E-state index >= 15 is 0 Å². The highest BCUT2D eigenvalue weighted by Crippen LogP contribution is 2.28. The molecule has 3 rings (SSSR count). The predicted molar refractivity (Wildman–Crippen MR) is 92.4 cm³/mol. The molecule has 1 aliphatic carbocycles. The van der Waals surface area contributed by atoms with E-state index in [2.05, 4.69) is 33.5 Å². The van der Waals surface area contributed by atoms with E-state index < -0.39 is 0 Å². The topological polar surface area (TPSA) is 50.9 Å². The Bertz CT molecular complexity index is 659. The lowest BCUT2D eigenvalue weighted by Crippen LogP contribution is -2.35. The van der Waals surface area contributed by atoms with Gasteiger partial charge in [0.15, 0.2) is 5.96 Å². The van der Waals surface area contributed by atoms with Crippen molar-refractivity contribution in [2.45, 2.75) is 25.4 Å². The Morgan fingerprint density at radius 1 is 1.32 bits per heavy atom. The van der Waals surface area contributed by atoms with E-state index in [0.717, 1.165) is 5.75 Å². The molecular weight excluding hydrogens is 294 g/mol. The maximum Gasteiger partial charge on any atom is 0.191 e. The van der Waals surface area contributed by atoms with E-state index in [0.29, 0.717) is 18.5 Å². The second-order valence-corrected chi connectivity index (χ2v) is 6.54. The minimum atomic E-state index is 0.599. The van der Waals surface area contributed by atoms with E-state index in [1.165, 1.54) is 28.8 Å². The van der Waals surface area contributed by atoms with Gasteiger partial charge in [0.2, 0.25) is 0 Å². The molecule has 1 aromatic heterocycles. The van der Waals surface area contributed by atoms with Gasteiger partial charge in [-0.1, -0.05) is 12.1 Å². The molecule has 116 valence electrons. The molecule has 1 aromatic carbocycles. The molecule has 1 heterocycles. The first-order chi connectivity index (χ1) is 10.7. The summed E-state index contributed by atoms with van der Waals surface area (Å²) in [4.78, 5) is 7.80. The first-order valence-corrected chi connectivity index (χ1v) is 8.30. The van der Waals surface area contributed by atoms with Gasteiger partial charge in [0, 0.05) is 18.0 Å². The van der Waals surface area contributed by atoms with E-state index in [4.69, 9.17) is 10.5 Å². The number of aliphatic imine (C=N–C) groups is 1. The Morgan fingerprint density at radius 3 is 2.68 bits per heavy atom. The molecule has 0 unspecified atom stereocenters. The van der Waals surface area contributed by atoms with Gasteiger partial charge < -0.3 is 15.4 Å². The van der Waals surface area contributed by atoms with Crippen molar-refractivity contribution in [3.8, 4) is 16.9 Å². The molecule has 0 spiro atoms. The van der Waals surface area contributed by atoms with Crippen LogP contribution < -0.4 is 10.5 Å². The lowest BCUT2D eigenvalue weighted by atomic mass is 10.1. The molecule has 22 heavy (non-hydrogen) atoms. The molecule has 2 aromatic rings. The molecule has 0 bridgehead atoms. The Balaban J connectivity index is 1.66. The van der Waals surface area contributed by atoms with Gasteiger partial charge in [-0.2, -0.15) is 0 Å². The smallest absolute Gasteiger partial charge is 0.191 e. The molecule has 1 saturated carbocycles. The van der Waals surface area contributed by atoms with Gasteiger partial charge >= 0.3 is 0 Å². The number of benzene rings is 1. The first kappa shape index (κ1) is 14.9. The third-order valence-corrected chi connectivity index (χ3v) is 4.85. The van der Waals surface area contributed by atoms with Crippen molar-refractivity contribution in [2.75, 3.05) is 14.2 Å². The molecule has 0 radical (unpaired) electrons. The average molecular weight is 315 g/mol. The van der Waals surface area contributed by atoms with Crippen molar-refractivity contribution >= 4 is 17.3 Å². The fraction of sp³-hybridized carbons (Fsp3) is 0.353. The minimum absolute atomic E-state index is 0.599. The van der Waals surface area contributed by atoms with Crippen molar-refractivity contribution < 1.29 is 4.74 Å². The summed E-state index contributed by atoms with van der Waals surface area (Å²) < 4.78 is 5.19. The van der Waals surface area contributed by atoms with Crippen LogP contribution in [-0.2, 0) is 6.54 Å². The zero-order valence-corrected chi connectivity index (χ0v) is 13.8. The highest BCUT2D eigenvalue weighted by molar-refractivity contribution is 7.10. The second-order valence-electron chi connectivity index (χ2n) is 5.55. The Morgan fingerprint density at radius 2 is 2.05 bits per heavy atom. The monoisotopic (exact) mass is 315 g/mol. The van der Waals surface area contributed by atoms with Gasteiger partial charge in [-0.3, -0.25) is 0 Å². The van der Waals surface area contributed by atoms with Crippen LogP contribution in [-0.4, -0.2) is 31.1 Å². The number of thiophene rings is 1. The molecule has 2 N–H and O–H groups in total. The molecule has 5 heteroatoms. The summed E-state index contributed by atoms with van der Waals surface area (Å²) in [6.45, 7) is 0.643. The van der Waals surface area contributed by atoms with Crippen LogP contribution in [0.3, 0.4) is 0 Å². The Labute approximate surface area is 135 Å². The highest BCUT2D eigenvalue weighted by atomic mass is 32.1. The van der Waals surface area contributed by atoms with Gasteiger partial charge in [-0.05, 0) is 47.5 Å². The Hall–Kier alpha value is -2.01. The third-order valence-electron chi connectivity index (χ3n) is 3.93. The number of guanidine groups is 1. The zero-order valence-electron chi connectivity index (χ0n) is 13.0. The first-order valence-electron chi connectivity index (χ1n) is 7.42. The maximum atomic E-state index is 6.02. The van der Waals surface area contributed by atoms with Crippen LogP contribution in [0.2, 0.25) is 0 Å². The summed E-state index contributed by atoms with van der Waals surface area (Å²) in [7, 11) is 3.70. The Kier molecular flexibility index (Phi) is 4.34. The largest absolute Gasteiger partial charge is 0.497 e. The molecule has 1 aliphatic rings. The average Bonchev–Trinajstić information content (AvgIpc) is 3.30. The van der Waals surface area contributed by atoms with Crippen LogP contribution in [0.1, 0.15) is 17.7 Å². The molecular formula is C17H21N3OS. The van der Waals surface area contributed by atoms with E-state index in [1.807, 2.05) is 19.2 Å². The van der Waals surface area contributed by atoms with Crippen molar-refractivity contribution in [1.82, 2.24) is 4.90 Å². The number of rotatable bonds is 5. The summed E-state index contributed by atoms with van der Waals surface area (Å²) in [5, 5.41) is 2.16. The van der Waals surface area contributed by atoms with Crippen molar-refractivity contribution in [3.05, 3.63) is 40.6 Å². The predicted octanol–water partition coefficient (Wildman–Crippen LogP) is 3.33. The van der Waals surface area contributed by atoms with E-state index in [9.17, 15) is 0 Å². The summed E-state index contributed by atoms with van der Waals surface area (Å²) in [6, 6.07) is 10.9. The minimum Gasteiger partial charge on any atom is -0.497 e. The van der Waals surface area contributed by atoms with E-state index in [-0.39, 0.29) is 0 Å². The van der Waals surface area contributed by atoms with Crippen LogP contribution in [0.4, 0.5) is 0 Å². The van der Waals surface area contributed by atoms with Crippen molar-refractivity contribution in [3.63, 3.8) is 0 Å². The lowest BCUT2D eigenvalue weighted by Gasteiger charge is -2.16. The number of hydrogen-bond acceptors (Lipinski definition) is 3. The molecule has 1 fully saturated rings. The lowest BCUT2D eigenvalue weighted by molar-refractivity contribution is 0.415. The number of methoxy groups -OCH3 is 1. The molecule has 0 aliphatic heterocycles. The van der Waals surface area contributed by atoms with Crippen LogP contribution in [0.25, 0.3) is 11.1 Å². The number of ether oxygens (including phenoxy) is 1. The third kappa shape index (κ3) is 3.42. The highest BCUT2D eigenvalue weighted by Gasteiger charge is 2.27. The maximum absolute atomic E-state index is 6.02. The van der Waals surface area contributed by atoms with Crippen molar-refractivity contribution in [1.29, 1.82) is 0 Å². The zero-order chi connectivity index (χ0) is 15.5. The van der Waals surface area contributed by atoms with Gasteiger partial charge in [0.1, 0.15) is 5.75 Å². The van der Waals surface area contributed by atoms with Crippen molar-refractivity contribution in [2.24, 2.45) is 10.7 Å². The fourth-order valence-electron chi connectivity index (χ4n) is 2.32. The van der Waals surface area contributed by atoms with Gasteiger partial charge in [0.25, 0.3) is 0 Å². The molecule has 0 amide bonds. The summed E-state index contributed by atoms with van der Waals surface area (Å²) in [5.41, 5.74) is 8.43. The molecule has 0 saturated heterocycles. The van der Waals surface area contributed by atoms with Crippen LogP contribution in [0.5, 0.6) is 5.75 Å².